The number of hydrogen-bond donors (Lipinski definition) is 2. The third kappa shape index (κ3) is 10.3. The van der Waals surface area contributed by atoms with Crippen molar-refractivity contribution in [2.24, 2.45) is 5.92 Å². The molecule has 2 aliphatic heterocycles. The van der Waals surface area contributed by atoms with Crippen LogP contribution in [0.25, 0.3) is 0 Å². The zero-order valence-electron chi connectivity index (χ0n) is 33.4. The molecule has 2 N–H and O–H groups in total. The molecule has 1 aromatic heterocycles. The number of piperidine rings is 1. The number of nitrogens with zero attached hydrogens (tertiary/aromatic N) is 5. The van der Waals surface area contributed by atoms with Crippen LogP contribution in [0.15, 0.2) is 60.8 Å². The predicted molar refractivity (Wildman–Crippen MR) is 216 cm³/mol. The number of ether oxygens (including phenoxy) is 3. The third-order valence-corrected chi connectivity index (χ3v) is 10.6. The Kier molecular flexibility index (Phi) is 13.4. The van der Waals surface area contributed by atoms with Crippen LogP contribution in [-0.2, 0) is 11.2 Å². The molecular formula is C43H54FN7O5. The van der Waals surface area contributed by atoms with Gasteiger partial charge in [0.15, 0.2) is 23.1 Å². The highest BCUT2D eigenvalue weighted by atomic mass is 19.1. The Morgan fingerprint density at radius 2 is 1.71 bits per heavy atom. The highest BCUT2D eigenvalue weighted by Crippen LogP contribution is 2.35. The maximum absolute atomic E-state index is 15.2. The molecule has 2 amide bonds. The predicted octanol–water partition coefficient (Wildman–Crippen LogP) is 7.24. The maximum atomic E-state index is 15.2. The molecule has 12 nitrogen and oxygen atoms in total. The van der Waals surface area contributed by atoms with Gasteiger partial charge in [0.2, 0.25) is 17.7 Å². The lowest BCUT2D eigenvalue weighted by Crippen LogP contribution is -2.50. The number of hydrogen-bond acceptors (Lipinski definition) is 10. The Morgan fingerprint density at radius 3 is 2.41 bits per heavy atom. The molecule has 2 saturated heterocycles. The number of para-hydroxylation sites is 1. The summed E-state index contributed by atoms with van der Waals surface area (Å²) in [6, 6.07) is 16.3. The summed E-state index contributed by atoms with van der Waals surface area (Å²) in [5, 5.41) is 6.02. The lowest BCUT2D eigenvalue weighted by Gasteiger charge is -2.37. The van der Waals surface area contributed by atoms with Crippen LogP contribution in [0, 0.1) is 25.6 Å². The topological polar surface area (TPSA) is 121 Å². The van der Waals surface area contributed by atoms with Gasteiger partial charge in [0.1, 0.15) is 5.56 Å². The number of carbonyl (C=O) groups is 2. The molecule has 1 unspecified atom stereocenters. The van der Waals surface area contributed by atoms with E-state index in [9.17, 15) is 9.59 Å². The van der Waals surface area contributed by atoms with Gasteiger partial charge in [-0.15, -0.1) is 0 Å². The fourth-order valence-electron chi connectivity index (χ4n) is 7.25. The molecule has 6 rings (SSSR count). The van der Waals surface area contributed by atoms with Gasteiger partial charge >= 0.3 is 0 Å². The van der Waals surface area contributed by atoms with E-state index in [1.807, 2.05) is 49.1 Å². The van der Waals surface area contributed by atoms with E-state index in [0.29, 0.717) is 54.3 Å². The van der Waals surface area contributed by atoms with Crippen molar-refractivity contribution in [3.05, 3.63) is 88.9 Å². The minimum absolute atomic E-state index is 0.0362. The first-order chi connectivity index (χ1) is 27.0. The minimum Gasteiger partial charge on any atom is -0.493 e. The van der Waals surface area contributed by atoms with Crippen molar-refractivity contribution in [3.63, 3.8) is 0 Å². The number of carbonyl (C=O) groups excluding carboxylic acids is 2. The zero-order valence-corrected chi connectivity index (χ0v) is 33.4. The summed E-state index contributed by atoms with van der Waals surface area (Å²) in [6.07, 6.45) is 4.43. The van der Waals surface area contributed by atoms with Crippen LogP contribution < -0.4 is 24.8 Å². The fraction of sp³-hybridized carbons (Fsp3) is 0.442. The SMILES string of the molecule is COc1cc(CCC(=O)N2CCN(C(C)C)CC2)ccc1Oc1nc(Nc2ccc(OCC3CCCN(C)C3)c(F)c2)ncc1C(=O)Nc1c(C)cccc1C. The van der Waals surface area contributed by atoms with Crippen LogP contribution in [-0.4, -0.2) is 103 Å². The summed E-state index contributed by atoms with van der Waals surface area (Å²) < 4.78 is 33.1. The summed E-state index contributed by atoms with van der Waals surface area (Å²) in [5.41, 5.74) is 3.85. The molecule has 56 heavy (non-hydrogen) atoms. The Morgan fingerprint density at radius 1 is 0.964 bits per heavy atom. The van der Waals surface area contributed by atoms with E-state index in [0.717, 1.165) is 68.8 Å². The second-order valence-corrected chi connectivity index (χ2v) is 15.1. The number of piperazine rings is 1. The normalized spacial score (nSPS) is 16.4. The van der Waals surface area contributed by atoms with E-state index in [1.165, 1.54) is 19.4 Å². The molecule has 3 aromatic carbocycles. The monoisotopic (exact) mass is 767 g/mol. The number of amides is 2. The van der Waals surface area contributed by atoms with Crippen LogP contribution >= 0.6 is 0 Å². The second kappa shape index (κ2) is 18.6. The number of likely N-dealkylation sites (tertiary alicyclic amines) is 1. The van der Waals surface area contributed by atoms with Crippen LogP contribution in [0.2, 0.25) is 0 Å². The molecule has 0 bridgehead atoms. The van der Waals surface area contributed by atoms with Gasteiger partial charge in [0.25, 0.3) is 5.91 Å². The van der Waals surface area contributed by atoms with Crippen molar-refractivity contribution in [1.29, 1.82) is 0 Å². The first-order valence-electron chi connectivity index (χ1n) is 19.5. The molecule has 2 fully saturated rings. The molecule has 13 heteroatoms. The lowest BCUT2D eigenvalue weighted by atomic mass is 10.00. The van der Waals surface area contributed by atoms with Crippen molar-refractivity contribution >= 4 is 29.1 Å². The largest absolute Gasteiger partial charge is 0.493 e. The van der Waals surface area contributed by atoms with Crippen molar-refractivity contribution in [2.45, 2.75) is 59.4 Å². The number of methoxy groups -OCH3 is 1. The molecule has 4 aromatic rings. The average Bonchev–Trinajstić information content (AvgIpc) is 3.18. The van der Waals surface area contributed by atoms with E-state index in [4.69, 9.17) is 14.2 Å². The van der Waals surface area contributed by atoms with Crippen LogP contribution in [0.1, 0.15) is 60.2 Å². The van der Waals surface area contributed by atoms with Gasteiger partial charge in [-0.05, 0) is 102 Å². The Labute approximate surface area is 329 Å². The van der Waals surface area contributed by atoms with Crippen LogP contribution in [0.5, 0.6) is 23.1 Å². The Balaban J connectivity index is 1.19. The number of rotatable bonds is 14. The number of benzene rings is 3. The number of aromatic nitrogens is 2. The van der Waals surface area contributed by atoms with Gasteiger partial charge in [-0.25, -0.2) is 9.37 Å². The van der Waals surface area contributed by atoms with Gasteiger partial charge in [-0.2, -0.15) is 4.98 Å². The maximum Gasteiger partial charge on any atom is 0.262 e. The number of halogens is 1. The molecular weight excluding hydrogens is 714 g/mol. The molecule has 1 atom stereocenters. The molecule has 3 heterocycles. The van der Waals surface area contributed by atoms with Crippen molar-refractivity contribution in [2.75, 3.05) is 70.7 Å². The molecule has 298 valence electrons. The second-order valence-electron chi connectivity index (χ2n) is 15.1. The van der Waals surface area contributed by atoms with E-state index in [-0.39, 0.29) is 29.0 Å². The zero-order chi connectivity index (χ0) is 39.8. The molecule has 2 aliphatic rings. The first kappa shape index (κ1) is 40.4. The Hall–Kier alpha value is -5.27. The third-order valence-electron chi connectivity index (χ3n) is 10.6. The summed E-state index contributed by atoms with van der Waals surface area (Å²) >= 11 is 0. The number of aryl methyl sites for hydroxylation is 3. The summed E-state index contributed by atoms with van der Waals surface area (Å²) in [7, 11) is 3.62. The van der Waals surface area contributed by atoms with Gasteiger partial charge in [-0.1, -0.05) is 24.3 Å². The van der Waals surface area contributed by atoms with Gasteiger partial charge < -0.3 is 34.6 Å². The smallest absolute Gasteiger partial charge is 0.262 e. The summed E-state index contributed by atoms with van der Waals surface area (Å²) in [4.78, 5) is 42.4. The van der Waals surface area contributed by atoms with E-state index < -0.39 is 11.7 Å². The van der Waals surface area contributed by atoms with Gasteiger partial charge in [0, 0.05) is 74.7 Å². The first-order valence-corrected chi connectivity index (χ1v) is 19.5. The van der Waals surface area contributed by atoms with E-state index in [1.54, 1.807) is 18.2 Å². The van der Waals surface area contributed by atoms with Crippen molar-refractivity contribution in [3.8, 4) is 23.1 Å². The standard InChI is InChI=1S/C43H54FN7O5/c1-28(2)50-19-21-51(22-20-50)39(52)17-13-31-12-15-37(38(23-31)54-6)56-42-34(41(53)47-40-29(3)9-7-10-30(40)4)25-45-43(48-42)46-33-14-16-36(35(44)24-33)55-27-32-11-8-18-49(5)26-32/h7,9-10,12,14-16,23-25,28,32H,8,11,13,17-22,26-27H2,1-6H3,(H,47,53)(H,45,46,48). The van der Waals surface area contributed by atoms with Crippen molar-refractivity contribution < 1.29 is 28.2 Å². The van der Waals surface area contributed by atoms with Gasteiger partial charge in [0.05, 0.1) is 13.7 Å². The van der Waals surface area contributed by atoms with Crippen LogP contribution in [0.3, 0.4) is 0 Å². The fourth-order valence-corrected chi connectivity index (χ4v) is 7.25. The minimum atomic E-state index is -0.513. The number of nitrogens with one attached hydrogen (secondary N) is 2. The van der Waals surface area contributed by atoms with Gasteiger partial charge in [-0.3, -0.25) is 14.5 Å². The highest BCUT2D eigenvalue weighted by Gasteiger charge is 2.24. The molecule has 0 saturated carbocycles. The van der Waals surface area contributed by atoms with E-state index >= 15 is 4.39 Å². The van der Waals surface area contributed by atoms with E-state index in [2.05, 4.69) is 51.3 Å². The quantitative estimate of drug-likeness (QED) is 0.136. The van der Waals surface area contributed by atoms with Crippen molar-refractivity contribution in [1.82, 2.24) is 24.7 Å². The molecule has 0 spiro atoms. The summed E-state index contributed by atoms with van der Waals surface area (Å²) in [5.74, 6) is 0.449. The lowest BCUT2D eigenvalue weighted by molar-refractivity contribution is -0.133. The molecule has 0 radical (unpaired) electrons. The number of anilines is 3. The summed E-state index contributed by atoms with van der Waals surface area (Å²) in [6.45, 7) is 13.9. The highest BCUT2D eigenvalue weighted by molar-refractivity contribution is 6.06. The van der Waals surface area contributed by atoms with Crippen LogP contribution in [0.4, 0.5) is 21.7 Å². The molecule has 0 aliphatic carbocycles. The Bertz CT molecular complexity index is 1980. The average molecular weight is 768 g/mol.